The molecule has 5 N–H and O–H groups in total. The Labute approximate surface area is 112 Å². The molecule has 0 aliphatic carbocycles. The number of nitrogens with two attached hydrogens (primary N) is 2. The zero-order valence-corrected chi connectivity index (χ0v) is 10.1. The number of rotatable bonds is 3. The highest BCUT2D eigenvalue weighted by molar-refractivity contribution is 5.99. The first kappa shape index (κ1) is 13.7. The fourth-order valence-corrected chi connectivity index (χ4v) is 1.65. The second-order valence-electron chi connectivity index (χ2n) is 4.02. The van der Waals surface area contributed by atoms with Gasteiger partial charge in [-0.25, -0.2) is 13.2 Å². The van der Waals surface area contributed by atoms with Crippen molar-refractivity contribution >= 4 is 23.0 Å². The van der Waals surface area contributed by atoms with Crippen LogP contribution in [0.5, 0.6) is 0 Å². The number of primary amides is 1. The van der Waals surface area contributed by atoms with Gasteiger partial charge in [0.15, 0.2) is 17.5 Å². The summed E-state index contributed by atoms with van der Waals surface area (Å²) in [5.74, 6) is -5.09. The van der Waals surface area contributed by atoms with E-state index in [4.69, 9.17) is 11.5 Å². The molecule has 2 aromatic carbocycles. The Morgan fingerprint density at radius 1 is 1.00 bits per heavy atom. The molecule has 4 nitrogen and oxygen atoms in total. The fourth-order valence-electron chi connectivity index (χ4n) is 1.65. The van der Waals surface area contributed by atoms with Crippen LogP contribution in [-0.4, -0.2) is 5.91 Å². The summed E-state index contributed by atoms with van der Waals surface area (Å²) >= 11 is 0. The number of nitrogens with one attached hydrogen (secondary N) is 1. The Balaban J connectivity index is 2.47. The van der Waals surface area contributed by atoms with Gasteiger partial charge in [-0.3, -0.25) is 4.79 Å². The molecule has 2 aromatic rings. The van der Waals surface area contributed by atoms with Gasteiger partial charge in [0.2, 0.25) is 0 Å². The van der Waals surface area contributed by atoms with E-state index in [9.17, 15) is 18.0 Å². The van der Waals surface area contributed by atoms with E-state index >= 15 is 0 Å². The van der Waals surface area contributed by atoms with E-state index in [2.05, 4.69) is 5.32 Å². The van der Waals surface area contributed by atoms with Gasteiger partial charge >= 0.3 is 0 Å². The Morgan fingerprint density at radius 2 is 1.70 bits per heavy atom. The van der Waals surface area contributed by atoms with Crippen LogP contribution < -0.4 is 16.8 Å². The Bertz CT molecular complexity index is 689. The summed E-state index contributed by atoms with van der Waals surface area (Å²) in [4.78, 5) is 11.2. The quantitative estimate of drug-likeness (QED) is 0.597. The van der Waals surface area contributed by atoms with E-state index in [-0.39, 0.29) is 16.9 Å². The van der Waals surface area contributed by atoms with E-state index in [1.807, 2.05) is 0 Å². The van der Waals surface area contributed by atoms with Crippen molar-refractivity contribution in [3.8, 4) is 0 Å². The van der Waals surface area contributed by atoms with Gasteiger partial charge in [-0.05, 0) is 30.3 Å². The number of carbonyl (C=O) groups excluding carboxylic acids is 1. The van der Waals surface area contributed by atoms with Crippen LogP contribution in [-0.2, 0) is 0 Å². The van der Waals surface area contributed by atoms with Gasteiger partial charge in [0.1, 0.15) is 0 Å². The lowest BCUT2D eigenvalue weighted by Gasteiger charge is -2.12. The predicted octanol–water partition coefficient (Wildman–Crippen LogP) is 2.53. The predicted molar refractivity (Wildman–Crippen MR) is 69.0 cm³/mol. The Kier molecular flexibility index (Phi) is 3.51. The van der Waals surface area contributed by atoms with Crippen molar-refractivity contribution < 1.29 is 18.0 Å². The highest BCUT2D eigenvalue weighted by Crippen LogP contribution is 2.27. The maximum absolute atomic E-state index is 13.6. The molecule has 0 spiro atoms. The van der Waals surface area contributed by atoms with Gasteiger partial charge in [0.25, 0.3) is 5.91 Å². The van der Waals surface area contributed by atoms with E-state index in [1.54, 1.807) is 0 Å². The molecule has 104 valence electrons. The van der Waals surface area contributed by atoms with Crippen LogP contribution in [0.15, 0.2) is 30.3 Å². The summed E-state index contributed by atoms with van der Waals surface area (Å²) in [5, 5.41) is 2.47. The molecular formula is C13H10F3N3O. The van der Waals surface area contributed by atoms with Gasteiger partial charge in [-0.1, -0.05) is 0 Å². The number of carbonyl (C=O) groups is 1. The molecule has 0 aliphatic heterocycles. The number of amides is 1. The van der Waals surface area contributed by atoms with Gasteiger partial charge in [0.05, 0.1) is 16.9 Å². The van der Waals surface area contributed by atoms with Crippen molar-refractivity contribution in [2.45, 2.75) is 0 Å². The zero-order chi connectivity index (χ0) is 14.9. The lowest BCUT2D eigenvalue weighted by atomic mass is 10.1. The second-order valence-corrected chi connectivity index (χ2v) is 4.02. The van der Waals surface area contributed by atoms with Crippen molar-refractivity contribution in [3.05, 3.63) is 53.3 Å². The normalized spacial score (nSPS) is 10.3. The summed E-state index contributed by atoms with van der Waals surface area (Å²) in [7, 11) is 0. The largest absolute Gasteiger partial charge is 0.399 e. The number of benzene rings is 2. The first-order valence-electron chi connectivity index (χ1n) is 5.50. The van der Waals surface area contributed by atoms with Crippen LogP contribution in [0.3, 0.4) is 0 Å². The van der Waals surface area contributed by atoms with Gasteiger partial charge < -0.3 is 16.8 Å². The first-order chi connectivity index (χ1) is 9.40. The Hall–Kier alpha value is -2.70. The van der Waals surface area contributed by atoms with Crippen LogP contribution in [0.4, 0.5) is 30.2 Å². The standard InChI is InChI=1S/C13H10F3N3O/c14-8-3-4-9(12(16)11(8)15)19-10-5-6(17)1-2-7(10)13(18)20/h1-5,19H,17H2,(H2,18,20). The maximum Gasteiger partial charge on any atom is 0.250 e. The second kappa shape index (κ2) is 5.12. The van der Waals surface area contributed by atoms with E-state index in [0.29, 0.717) is 5.69 Å². The van der Waals surface area contributed by atoms with Gasteiger partial charge in [-0.2, -0.15) is 0 Å². The van der Waals surface area contributed by atoms with Crippen LogP contribution in [0.2, 0.25) is 0 Å². The molecule has 2 rings (SSSR count). The van der Waals surface area contributed by atoms with Crippen molar-refractivity contribution in [3.63, 3.8) is 0 Å². The molecule has 0 atom stereocenters. The number of nitrogen functional groups attached to an aromatic ring is 1. The van der Waals surface area contributed by atoms with Crippen molar-refractivity contribution in [2.75, 3.05) is 11.1 Å². The van der Waals surface area contributed by atoms with E-state index in [0.717, 1.165) is 12.1 Å². The minimum atomic E-state index is -1.61. The lowest BCUT2D eigenvalue weighted by molar-refractivity contribution is 0.100. The summed E-state index contributed by atoms with van der Waals surface area (Å²) in [5.41, 5.74) is 10.8. The average molecular weight is 281 g/mol. The maximum atomic E-state index is 13.6. The zero-order valence-electron chi connectivity index (χ0n) is 10.1. The van der Waals surface area contributed by atoms with Crippen LogP contribution in [0.25, 0.3) is 0 Å². The highest BCUT2D eigenvalue weighted by Gasteiger charge is 2.15. The van der Waals surface area contributed by atoms with Crippen molar-refractivity contribution in [2.24, 2.45) is 5.73 Å². The molecule has 0 aromatic heterocycles. The van der Waals surface area contributed by atoms with Crippen LogP contribution in [0, 0.1) is 17.5 Å². The molecule has 0 saturated heterocycles. The molecule has 0 saturated carbocycles. The van der Waals surface area contributed by atoms with Crippen molar-refractivity contribution in [1.82, 2.24) is 0 Å². The minimum Gasteiger partial charge on any atom is -0.399 e. The average Bonchev–Trinajstić information content (AvgIpc) is 2.39. The third kappa shape index (κ3) is 2.51. The smallest absolute Gasteiger partial charge is 0.250 e. The molecule has 0 aliphatic rings. The molecule has 0 heterocycles. The fraction of sp³-hybridized carbons (Fsp3) is 0. The molecular weight excluding hydrogens is 271 g/mol. The summed E-state index contributed by atoms with van der Waals surface area (Å²) in [6.45, 7) is 0. The summed E-state index contributed by atoms with van der Waals surface area (Å²) in [6.07, 6.45) is 0. The lowest BCUT2D eigenvalue weighted by Crippen LogP contribution is -2.14. The SMILES string of the molecule is NC(=O)c1ccc(N)cc1Nc1ccc(F)c(F)c1F. The molecule has 20 heavy (non-hydrogen) atoms. The first-order valence-corrected chi connectivity index (χ1v) is 5.50. The molecule has 0 radical (unpaired) electrons. The monoisotopic (exact) mass is 281 g/mol. The summed E-state index contributed by atoms with van der Waals surface area (Å²) in [6, 6.07) is 5.88. The molecule has 1 amide bonds. The highest BCUT2D eigenvalue weighted by atomic mass is 19.2. The summed E-state index contributed by atoms with van der Waals surface area (Å²) < 4.78 is 39.5. The molecule has 7 heteroatoms. The topological polar surface area (TPSA) is 81.1 Å². The van der Waals surface area contributed by atoms with E-state index < -0.39 is 23.4 Å². The number of halogens is 3. The van der Waals surface area contributed by atoms with Crippen LogP contribution >= 0.6 is 0 Å². The van der Waals surface area contributed by atoms with Gasteiger partial charge in [-0.15, -0.1) is 0 Å². The molecule has 0 fully saturated rings. The van der Waals surface area contributed by atoms with Crippen LogP contribution in [0.1, 0.15) is 10.4 Å². The number of hydrogen-bond donors (Lipinski definition) is 3. The number of anilines is 3. The third-order valence-electron chi connectivity index (χ3n) is 2.61. The third-order valence-corrected chi connectivity index (χ3v) is 2.61. The molecule has 0 unspecified atom stereocenters. The van der Waals surface area contributed by atoms with E-state index in [1.165, 1.54) is 18.2 Å². The minimum absolute atomic E-state index is 0.0448. The number of hydrogen-bond acceptors (Lipinski definition) is 3. The van der Waals surface area contributed by atoms with Gasteiger partial charge in [0, 0.05) is 5.69 Å². The van der Waals surface area contributed by atoms with Crippen molar-refractivity contribution in [1.29, 1.82) is 0 Å². The molecule has 0 bridgehead atoms. The Morgan fingerprint density at radius 3 is 2.35 bits per heavy atom.